The molecule has 0 bridgehead atoms. The van der Waals surface area contributed by atoms with Crippen LogP contribution in [0.3, 0.4) is 0 Å². The average Bonchev–Trinajstić information content (AvgIpc) is 4.08. The lowest BCUT2D eigenvalue weighted by Crippen LogP contribution is -2.59. The van der Waals surface area contributed by atoms with Gasteiger partial charge in [-0.25, -0.2) is 13.2 Å². The highest BCUT2D eigenvalue weighted by atomic mass is 32.2. The zero-order valence-electron chi connectivity index (χ0n) is 33.3. The van der Waals surface area contributed by atoms with E-state index < -0.39 is 86.9 Å². The van der Waals surface area contributed by atoms with E-state index in [2.05, 4.69) is 20.1 Å². The smallest absolute Gasteiger partial charge is 0.425 e. The number of sulfonamides is 1. The van der Waals surface area contributed by atoms with Gasteiger partial charge in [-0.1, -0.05) is 26.0 Å². The summed E-state index contributed by atoms with van der Waals surface area (Å²) in [5, 5.41) is 5.80. The summed E-state index contributed by atoms with van der Waals surface area (Å²) >= 11 is 0. The Kier molecular flexibility index (Phi) is 12.1. The number of alkyl carbamates (subject to hydrolysis) is 1. The fourth-order valence-electron chi connectivity index (χ4n) is 7.68. The standard InChI is InChI=1S/C39H51F3N6O9S/c1-21-9-7-8-10-25-19-38(25,36(51)46-58(53,54)28-12-13-28)45-33(49)30-18-27(57-34-29-14-11-26(55-6)16-24(29)17-31(43-34)47(4)5)20-48(30)35(50)32(22(2)15-21)44-37(52)56-23(3)39(40,41)42/h8,10-11,14,16-17,21-23,25,27-28,30,32H,7,9,12-13,15,18-20H2,1-6H3,(H,44,52)(H,45,49)(H,46,51)/b10-8-/t21-,22+,23+,25?,27+,30-,32-,38+/m0/s1. The van der Waals surface area contributed by atoms with E-state index >= 15 is 0 Å². The van der Waals surface area contributed by atoms with Gasteiger partial charge in [0.25, 0.3) is 5.91 Å². The SMILES string of the molecule is COc1ccc2c(O[C@@H]3C[C@H]4C(=O)N[C@]5(C(=O)NS(=O)(=O)C6CC6)CC5/C=C\CC[C@H](C)C[C@@H](C)[C@H](NC(=O)O[C@H](C)C(F)(F)F)C(=O)N4C3)nc(N(C)C)cc2c1. The number of benzene rings is 1. The third kappa shape index (κ3) is 9.39. The Hall–Kier alpha value is -4.81. The minimum atomic E-state index is -4.85. The first-order valence-corrected chi connectivity index (χ1v) is 21.0. The van der Waals surface area contributed by atoms with E-state index in [1.54, 1.807) is 50.2 Å². The van der Waals surface area contributed by atoms with Gasteiger partial charge >= 0.3 is 12.3 Å². The number of methoxy groups -OCH3 is 1. The molecule has 6 rings (SSSR count). The minimum absolute atomic E-state index is 0.0323. The molecule has 8 atom stereocenters. The molecule has 2 aliphatic carbocycles. The molecule has 318 valence electrons. The van der Waals surface area contributed by atoms with Crippen molar-refractivity contribution in [3.8, 4) is 11.6 Å². The first-order valence-electron chi connectivity index (χ1n) is 19.4. The molecule has 1 aromatic carbocycles. The number of rotatable bonds is 9. The van der Waals surface area contributed by atoms with Crippen molar-refractivity contribution >= 4 is 50.4 Å². The molecule has 4 amide bonds. The quantitative estimate of drug-likeness (QED) is 0.308. The fraction of sp³-hybridized carbons (Fsp3) is 0.615. The molecule has 3 heterocycles. The summed E-state index contributed by atoms with van der Waals surface area (Å²) in [6.45, 7) is 4.08. The molecule has 3 N–H and O–H groups in total. The molecule has 1 saturated heterocycles. The maximum absolute atomic E-state index is 14.7. The van der Waals surface area contributed by atoms with Crippen LogP contribution in [0, 0.1) is 17.8 Å². The van der Waals surface area contributed by atoms with Gasteiger partial charge in [0.15, 0.2) is 6.10 Å². The summed E-state index contributed by atoms with van der Waals surface area (Å²) < 4.78 is 84.6. The van der Waals surface area contributed by atoms with E-state index in [-0.39, 0.29) is 31.2 Å². The van der Waals surface area contributed by atoms with Crippen LogP contribution in [0.4, 0.5) is 23.8 Å². The van der Waals surface area contributed by atoms with Gasteiger partial charge < -0.3 is 34.6 Å². The molecule has 3 fully saturated rings. The Bertz CT molecular complexity index is 2060. The lowest BCUT2D eigenvalue weighted by molar-refractivity contribution is -0.197. The predicted octanol–water partition coefficient (Wildman–Crippen LogP) is 4.20. The van der Waals surface area contributed by atoms with Gasteiger partial charge in [0.2, 0.25) is 27.7 Å². The second kappa shape index (κ2) is 16.4. The summed E-state index contributed by atoms with van der Waals surface area (Å²) in [4.78, 5) is 63.7. The van der Waals surface area contributed by atoms with Crippen molar-refractivity contribution in [1.82, 2.24) is 25.2 Å². The Balaban J connectivity index is 1.37. The lowest BCUT2D eigenvalue weighted by Gasteiger charge is -2.33. The van der Waals surface area contributed by atoms with Crippen LogP contribution < -0.4 is 29.7 Å². The van der Waals surface area contributed by atoms with Crippen molar-refractivity contribution in [2.75, 3.05) is 32.6 Å². The van der Waals surface area contributed by atoms with Crippen molar-refractivity contribution in [3.63, 3.8) is 0 Å². The number of allylic oxidation sites excluding steroid dienone is 1. The Morgan fingerprint density at radius 2 is 1.83 bits per heavy atom. The van der Waals surface area contributed by atoms with Gasteiger partial charge in [0.05, 0.1) is 18.9 Å². The van der Waals surface area contributed by atoms with E-state index in [0.29, 0.717) is 56.0 Å². The van der Waals surface area contributed by atoms with Gasteiger partial charge in [-0.05, 0) is 86.9 Å². The molecular weight excluding hydrogens is 786 g/mol. The van der Waals surface area contributed by atoms with E-state index in [4.69, 9.17) is 14.5 Å². The number of halogens is 3. The minimum Gasteiger partial charge on any atom is -0.497 e. The molecule has 1 aromatic heterocycles. The number of carbonyl (C=O) groups is 4. The van der Waals surface area contributed by atoms with Crippen molar-refractivity contribution in [2.45, 2.75) is 107 Å². The van der Waals surface area contributed by atoms with E-state index in [9.17, 15) is 40.8 Å². The van der Waals surface area contributed by atoms with E-state index in [1.807, 2.05) is 19.1 Å². The van der Waals surface area contributed by atoms with Crippen molar-refractivity contribution in [3.05, 3.63) is 36.4 Å². The van der Waals surface area contributed by atoms with Crippen molar-refractivity contribution in [1.29, 1.82) is 0 Å². The van der Waals surface area contributed by atoms with Crippen molar-refractivity contribution in [2.24, 2.45) is 17.8 Å². The first-order chi connectivity index (χ1) is 27.2. The van der Waals surface area contributed by atoms with Gasteiger partial charge in [-0.3, -0.25) is 19.1 Å². The lowest BCUT2D eigenvalue weighted by atomic mass is 9.88. The third-order valence-corrected chi connectivity index (χ3v) is 13.2. The molecule has 2 saturated carbocycles. The molecular formula is C39H51F3N6O9S. The average molecular weight is 837 g/mol. The van der Waals surface area contributed by atoms with Crippen LogP contribution in [-0.4, -0.2) is 111 Å². The number of fused-ring (bicyclic) bond motifs is 3. The van der Waals surface area contributed by atoms with Crippen LogP contribution in [0.25, 0.3) is 10.8 Å². The van der Waals surface area contributed by atoms with Crippen LogP contribution in [0.2, 0.25) is 0 Å². The highest BCUT2D eigenvalue weighted by molar-refractivity contribution is 7.91. The Labute approximate surface area is 335 Å². The highest BCUT2D eigenvalue weighted by Crippen LogP contribution is 2.46. The molecule has 15 nitrogen and oxygen atoms in total. The van der Waals surface area contributed by atoms with E-state index in [0.717, 1.165) is 5.39 Å². The van der Waals surface area contributed by atoms with Gasteiger partial charge in [-0.15, -0.1) is 0 Å². The number of amides is 4. The molecule has 58 heavy (non-hydrogen) atoms. The topological polar surface area (TPSA) is 186 Å². The molecule has 0 radical (unpaired) electrons. The molecule has 4 aliphatic rings. The van der Waals surface area contributed by atoms with Crippen molar-refractivity contribution < 1.29 is 55.0 Å². The zero-order valence-corrected chi connectivity index (χ0v) is 34.1. The maximum atomic E-state index is 14.7. The van der Waals surface area contributed by atoms with Gasteiger partial charge in [0.1, 0.15) is 35.3 Å². The number of pyridine rings is 1. The number of hydrogen-bond donors (Lipinski definition) is 3. The van der Waals surface area contributed by atoms with Crippen LogP contribution in [-0.2, 0) is 29.1 Å². The Morgan fingerprint density at radius 3 is 2.48 bits per heavy atom. The summed E-state index contributed by atoms with van der Waals surface area (Å²) in [7, 11) is 1.15. The maximum Gasteiger partial charge on any atom is 0.425 e. The number of aromatic nitrogens is 1. The van der Waals surface area contributed by atoms with Crippen LogP contribution in [0.5, 0.6) is 11.6 Å². The van der Waals surface area contributed by atoms with Crippen LogP contribution in [0.1, 0.15) is 65.7 Å². The first kappa shape index (κ1) is 42.8. The molecule has 0 spiro atoms. The number of ether oxygens (including phenoxy) is 3. The monoisotopic (exact) mass is 836 g/mol. The number of nitrogens with one attached hydrogen (secondary N) is 3. The highest BCUT2D eigenvalue weighted by Gasteiger charge is 2.62. The van der Waals surface area contributed by atoms with Crippen LogP contribution in [0.15, 0.2) is 36.4 Å². The second-order valence-electron chi connectivity index (χ2n) is 16.2. The number of alkyl halides is 3. The summed E-state index contributed by atoms with van der Waals surface area (Å²) in [6.07, 6.45) is -3.66. The number of hydrogen-bond acceptors (Lipinski definition) is 11. The van der Waals surface area contributed by atoms with E-state index in [1.165, 1.54) is 12.0 Å². The summed E-state index contributed by atoms with van der Waals surface area (Å²) in [5.41, 5.74) is -1.63. The molecule has 2 aliphatic heterocycles. The summed E-state index contributed by atoms with van der Waals surface area (Å²) in [5.74, 6) is -2.32. The second-order valence-corrected chi connectivity index (χ2v) is 18.2. The molecule has 1 unspecified atom stereocenters. The largest absolute Gasteiger partial charge is 0.497 e. The number of nitrogens with zero attached hydrogens (tertiary/aromatic N) is 3. The molecule has 2 aromatic rings. The van der Waals surface area contributed by atoms with Crippen LogP contribution >= 0.6 is 0 Å². The summed E-state index contributed by atoms with van der Waals surface area (Å²) in [6, 6.07) is 4.39. The number of carbonyl (C=O) groups excluding carboxylic acids is 4. The van der Waals surface area contributed by atoms with Gasteiger partial charge in [0, 0.05) is 31.8 Å². The van der Waals surface area contributed by atoms with Gasteiger partial charge in [-0.2, -0.15) is 18.2 Å². The Morgan fingerprint density at radius 1 is 1.10 bits per heavy atom. The normalized spacial score (nSPS) is 29.1. The predicted molar refractivity (Wildman–Crippen MR) is 206 cm³/mol. The zero-order chi connectivity index (χ0) is 42.3. The number of anilines is 1. The fourth-order valence-corrected chi connectivity index (χ4v) is 9.04. The molecule has 19 heteroatoms. The third-order valence-electron chi connectivity index (χ3n) is 11.4.